The van der Waals surface area contributed by atoms with Gasteiger partial charge in [0.15, 0.2) is 5.13 Å². The maximum Gasteiger partial charge on any atom is 0.183 e. The Bertz CT molecular complexity index is 517. The Morgan fingerprint density at radius 1 is 1.28 bits per heavy atom. The highest BCUT2D eigenvalue weighted by Crippen LogP contribution is 2.29. The van der Waals surface area contributed by atoms with Crippen LogP contribution in [0, 0.1) is 0 Å². The Labute approximate surface area is 121 Å². The Balaban J connectivity index is 2.15. The van der Waals surface area contributed by atoms with E-state index in [1.807, 2.05) is 7.05 Å². The number of aromatic nitrogens is 1. The van der Waals surface area contributed by atoms with E-state index in [4.69, 9.17) is 0 Å². The molecule has 0 bridgehead atoms. The molecule has 0 aliphatic rings. The zero-order chi connectivity index (χ0) is 13.1. The molecular formula is C14H17BrN2S. The number of hydrogen-bond donors (Lipinski definition) is 1. The molecule has 0 atom stereocenters. The molecule has 0 saturated carbocycles. The summed E-state index contributed by atoms with van der Waals surface area (Å²) in [4.78, 5) is 5.66. The summed E-state index contributed by atoms with van der Waals surface area (Å²) in [5.41, 5.74) is 2.71. The van der Waals surface area contributed by atoms with Crippen LogP contribution in [0.4, 0.5) is 5.13 Å². The molecule has 1 N–H and O–H groups in total. The fraction of sp³-hybridized carbons (Fsp3) is 0.357. The summed E-state index contributed by atoms with van der Waals surface area (Å²) in [6.07, 6.45) is 0.929. The number of thiazole rings is 1. The molecular weight excluding hydrogens is 308 g/mol. The topological polar surface area (TPSA) is 24.9 Å². The van der Waals surface area contributed by atoms with Gasteiger partial charge < -0.3 is 5.32 Å². The zero-order valence-electron chi connectivity index (χ0n) is 10.8. The molecule has 4 heteroatoms. The number of anilines is 1. The van der Waals surface area contributed by atoms with Gasteiger partial charge in [-0.1, -0.05) is 38.1 Å². The summed E-state index contributed by atoms with van der Waals surface area (Å²) in [6.45, 7) is 4.43. The van der Waals surface area contributed by atoms with Crippen LogP contribution in [-0.2, 0) is 6.42 Å². The van der Waals surface area contributed by atoms with Crippen molar-refractivity contribution in [3.05, 3.63) is 44.9 Å². The molecule has 0 amide bonds. The van der Waals surface area contributed by atoms with Crippen LogP contribution in [0.25, 0.3) is 0 Å². The minimum absolute atomic E-state index is 0.588. The molecule has 1 aromatic heterocycles. The van der Waals surface area contributed by atoms with Crippen molar-refractivity contribution < 1.29 is 0 Å². The zero-order valence-corrected chi connectivity index (χ0v) is 13.2. The largest absolute Gasteiger partial charge is 0.365 e. The quantitative estimate of drug-likeness (QED) is 0.884. The van der Waals surface area contributed by atoms with E-state index in [0.29, 0.717) is 5.92 Å². The number of nitrogens with zero attached hydrogens (tertiary/aromatic N) is 1. The van der Waals surface area contributed by atoms with Gasteiger partial charge in [-0.3, -0.25) is 0 Å². The van der Waals surface area contributed by atoms with Gasteiger partial charge >= 0.3 is 0 Å². The molecule has 2 rings (SSSR count). The first-order valence-corrected chi connectivity index (χ1v) is 7.63. The molecule has 0 aliphatic carbocycles. The minimum Gasteiger partial charge on any atom is -0.365 e. The van der Waals surface area contributed by atoms with Crippen molar-refractivity contribution >= 4 is 32.4 Å². The van der Waals surface area contributed by atoms with Crippen LogP contribution in [0.5, 0.6) is 0 Å². The number of halogens is 1. The number of rotatable bonds is 4. The SMILES string of the molecule is CNc1nc(Br)c(Cc2ccc(C(C)C)cc2)s1. The van der Waals surface area contributed by atoms with Gasteiger partial charge in [0.1, 0.15) is 4.60 Å². The molecule has 0 spiro atoms. The monoisotopic (exact) mass is 324 g/mol. The van der Waals surface area contributed by atoms with Crippen LogP contribution in [0.15, 0.2) is 28.9 Å². The Morgan fingerprint density at radius 3 is 2.44 bits per heavy atom. The maximum absolute atomic E-state index is 4.40. The third-order valence-corrected chi connectivity index (χ3v) is 4.87. The lowest BCUT2D eigenvalue weighted by Crippen LogP contribution is -1.90. The summed E-state index contributed by atoms with van der Waals surface area (Å²) in [7, 11) is 1.90. The fourth-order valence-corrected chi connectivity index (χ4v) is 3.27. The summed E-state index contributed by atoms with van der Waals surface area (Å²) in [5, 5.41) is 4.03. The van der Waals surface area contributed by atoms with Gasteiger partial charge in [-0.15, -0.1) is 11.3 Å². The Morgan fingerprint density at radius 2 is 1.94 bits per heavy atom. The molecule has 1 heterocycles. The molecule has 0 unspecified atom stereocenters. The second kappa shape index (κ2) is 5.85. The predicted molar refractivity (Wildman–Crippen MR) is 82.7 cm³/mol. The van der Waals surface area contributed by atoms with Crippen LogP contribution in [0.1, 0.15) is 35.8 Å². The Hall–Kier alpha value is -0.870. The van der Waals surface area contributed by atoms with Crippen molar-refractivity contribution in [1.29, 1.82) is 0 Å². The first kappa shape index (κ1) is 13.6. The molecule has 1 aromatic carbocycles. The van der Waals surface area contributed by atoms with Gasteiger partial charge in [0, 0.05) is 18.3 Å². The van der Waals surface area contributed by atoms with Crippen LogP contribution >= 0.6 is 27.3 Å². The summed E-state index contributed by atoms with van der Waals surface area (Å²) >= 11 is 5.21. The number of nitrogens with one attached hydrogen (secondary N) is 1. The van der Waals surface area contributed by atoms with Crippen molar-refractivity contribution in [3.8, 4) is 0 Å². The standard InChI is InChI=1S/C14H17BrN2S/c1-9(2)11-6-4-10(5-7-11)8-12-13(15)17-14(16-3)18-12/h4-7,9H,8H2,1-3H3,(H,16,17). The van der Waals surface area contributed by atoms with Crippen molar-refractivity contribution in [2.24, 2.45) is 0 Å². The minimum atomic E-state index is 0.588. The van der Waals surface area contributed by atoms with Crippen molar-refractivity contribution in [3.63, 3.8) is 0 Å². The Kier molecular flexibility index (Phi) is 4.40. The second-order valence-corrected chi connectivity index (χ2v) is 6.39. The van der Waals surface area contributed by atoms with E-state index in [-0.39, 0.29) is 0 Å². The van der Waals surface area contributed by atoms with Crippen molar-refractivity contribution in [2.45, 2.75) is 26.2 Å². The van der Waals surface area contributed by atoms with E-state index in [1.165, 1.54) is 16.0 Å². The van der Waals surface area contributed by atoms with E-state index < -0.39 is 0 Å². The molecule has 0 saturated heterocycles. The molecule has 2 nitrogen and oxygen atoms in total. The summed E-state index contributed by atoms with van der Waals surface area (Å²) in [6, 6.07) is 8.85. The van der Waals surface area contributed by atoms with E-state index in [0.717, 1.165) is 16.2 Å². The highest BCUT2D eigenvalue weighted by molar-refractivity contribution is 9.10. The fourth-order valence-electron chi connectivity index (χ4n) is 1.75. The van der Waals surface area contributed by atoms with E-state index in [1.54, 1.807) is 11.3 Å². The summed E-state index contributed by atoms with van der Waals surface area (Å²) in [5.74, 6) is 0.588. The van der Waals surface area contributed by atoms with Crippen LogP contribution in [0.3, 0.4) is 0 Å². The van der Waals surface area contributed by atoms with Crippen LogP contribution in [0.2, 0.25) is 0 Å². The molecule has 0 radical (unpaired) electrons. The molecule has 18 heavy (non-hydrogen) atoms. The smallest absolute Gasteiger partial charge is 0.183 e. The van der Waals surface area contributed by atoms with Gasteiger partial charge in [-0.25, -0.2) is 4.98 Å². The van der Waals surface area contributed by atoms with Gasteiger partial charge in [0.2, 0.25) is 0 Å². The number of benzene rings is 1. The highest BCUT2D eigenvalue weighted by Gasteiger charge is 2.09. The van der Waals surface area contributed by atoms with Gasteiger partial charge in [-0.2, -0.15) is 0 Å². The van der Waals surface area contributed by atoms with Gasteiger partial charge in [0.05, 0.1) is 0 Å². The predicted octanol–water partition coefficient (Wildman–Crippen LogP) is 4.66. The van der Waals surface area contributed by atoms with Crippen molar-refractivity contribution in [2.75, 3.05) is 12.4 Å². The number of hydrogen-bond acceptors (Lipinski definition) is 3. The third-order valence-electron chi connectivity index (χ3n) is 2.87. The highest BCUT2D eigenvalue weighted by atomic mass is 79.9. The molecule has 96 valence electrons. The average Bonchev–Trinajstić information content (AvgIpc) is 2.71. The van der Waals surface area contributed by atoms with Gasteiger partial charge in [0.25, 0.3) is 0 Å². The molecule has 2 aromatic rings. The lowest BCUT2D eigenvalue weighted by Gasteiger charge is -2.06. The van der Waals surface area contributed by atoms with E-state index in [9.17, 15) is 0 Å². The van der Waals surface area contributed by atoms with Crippen LogP contribution < -0.4 is 5.32 Å². The maximum atomic E-state index is 4.40. The third kappa shape index (κ3) is 3.12. The first-order chi connectivity index (χ1) is 8.60. The van der Waals surface area contributed by atoms with Gasteiger partial charge in [-0.05, 0) is 33.0 Å². The normalized spacial score (nSPS) is 10.9. The molecule has 0 aliphatic heterocycles. The van der Waals surface area contributed by atoms with Crippen molar-refractivity contribution in [1.82, 2.24) is 4.98 Å². The molecule has 0 fully saturated rings. The average molecular weight is 325 g/mol. The van der Waals surface area contributed by atoms with E-state index in [2.05, 4.69) is 64.3 Å². The van der Waals surface area contributed by atoms with E-state index >= 15 is 0 Å². The summed E-state index contributed by atoms with van der Waals surface area (Å²) < 4.78 is 0.949. The lowest BCUT2D eigenvalue weighted by atomic mass is 10.0. The first-order valence-electron chi connectivity index (χ1n) is 6.02. The lowest BCUT2D eigenvalue weighted by molar-refractivity contribution is 0.865. The second-order valence-electron chi connectivity index (χ2n) is 4.56. The van der Waals surface area contributed by atoms with Crippen LogP contribution in [-0.4, -0.2) is 12.0 Å².